The highest BCUT2D eigenvalue weighted by atomic mass is 16.6. The lowest BCUT2D eigenvalue weighted by Gasteiger charge is -2.34. The topological polar surface area (TPSA) is 29.5 Å². The predicted octanol–water partition coefficient (Wildman–Crippen LogP) is 4.24. The summed E-state index contributed by atoms with van der Waals surface area (Å²) in [5.41, 5.74) is 0.858. The fourth-order valence-corrected chi connectivity index (χ4v) is 2.38. The molecule has 0 aromatic heterocycles. The van der Waals surface area contributed by atoms with Crippen LogP contribution >= 0.6 is 0 Å². The third-order valence-corrected chi connectivity index (χ3v) is 3.79. The quantitative estimate of drug-likeness (QED) is 0.716. The predicted molar refractivity (Wildman–Crippen MR) is 79.1 cm³/mol. The van der Waals surface area contributed by atoms with E-state index in [0.29, 0.717) is 11.8 Å². The zero-order chi connectivity index (χ0) is 14.6. The van der Waals surface area contributed by atoms with E-state index >= 15 is 0 Å². The van der Waals surface area contributed by atoms with Gasteiger partial charge in [0.05, 0.1) is 0 Å². The van der Waals surface area contributed by atoms with Crippen molar-refractivity contribution in [3.63, 3.8) is 0 Å². The first-order valence-electron chi connectivity index (χ1n) is 7.32. The summed E-state index contributed by atoms with van der Waals surface area (Å²) in [4.78, 5) is 13.8. The molecule has 0 aromatic rings. The Morgan fingerprint density at radius 3 is 2.32 bits per heavy atom. The summed E-state index contributed by atoms with van der Waals surface area (Å²) in [6.45, 7) is 15.7. The third-order valence-electron chi connectivity index (χ3n) is 3.79. The van der Waals surface area contributed by atoms with Crippen LogP contribution in [0, 0.1) is 11.8 Å². The minimum atomic E-state index is -0.400. The number of carbonyl (C=O) groups is 1. The molecular weight excluding hydrogens is 238 g/mol. The lowest BCUT2D eigenvalue weighted by molar-refractivity contribution is 0.0178. The number of ether oxygens (including phenoxy) is 1. The number of hydrogen-bond acceptors (Lipinski definition) is 2. The van der Waals surface area contributed by atoms with E-state index in [9.17, 15) is 4.79 Å². The molecule has 0 saturated carbocycles. The first kappa shape index (κ1) is 16.1. The number of hydrogen-bond donors (Lipinski definition) is 0. The Balaban J connectivity index is 2.36. The molecule has 19 heavy (non-hydrogen) atoms. The van der Waals surface area contributed by atoms with E-state index in [0.717, 1.165) is 25.9 Å². The fourth-order valence-electron chi connectivity index (χ4n) is 2.38. The van der Waals surface area contributed by atoms with Gasteiger partial charge >= 0.3 is 6.09 Å². The number of allylic oxidation sites excluding steroid dienone is 1. The molecule has 1 heterocycles. The minimum Gasteiger partial charge on any atom is -0.444 e. The van der Waals surface area contributed by atoms with Crippen molar-refractivity contribution < 1.29 is 9.53 Å². The van der Waals surface area contributed by atoms with Gasteiger partial charge < -0.3 is 9.64 Å². The highest BCUT2D eigenvalue weighted by Gasteiger charge is 2.27. The van der Waals surface area contributed by atoms with Crippen molar-refractivity contribution >= 4 is 6.09 Å². The molecule has 1 aliphatic heterocycles. The van der Waals surface area contributed by atoms with Gasteiger partial charge in [0.2, 0.25) is 0 Å². The van der Waals surface area contributed by atoms with Crippen LogP contribution < -0.4 is 0 Å². The molecule has 0 aromatic carbocycles. The van der Waals surface area contributed by atoms with Crippen LogP contribution in [0.4, 0.5) is 4.79 Å². The second-order valence-electron chi connectivity index (χ2n) is 6.89. The average molecular weight is 267 g/mol. The molecule has 1 aliphatic rings. The molecule has 0 spiro atoms. The molecule has 3 heteroatoms. The van der Waals surface area contributed by atoms with E-state index in [4.69, 9.17) is 4.74 Å². The standard InChI is InChI=1S/C16H29NO2/c1-12(2)13(3)11-14-7-9-17(10-8-14)15(18)19-16(4,5)6/h13-14H,1,7-11H2,2-6H3. The van der Waals surface area contributed by atoms with E-state index < -0.39 is 5.60 Å². The Kier molecular flexibility index (Phi) is 5.45. The van der Waals surface area contributed by atoms with Crippen molar-refractivity contribution in [3.8, 4) is 0 Å². The van der Waals surface area contributed by atoms with Crippen molar-refractivity contribution in [1.29, 1.82) is 0 Å². The van der Waals surface area contributed by atoms with Crippen LogP contribution in [-0.2, 0) is 4.74 Å². The van der Waals surface area contributed by atoms with Crippen molar-refractivity contribution in [1.82, 2.24) is 4.90 Å². The largest absolute Gasteiger partial charge is 0.444 e. The maximum Gasteiger partial charge on any atom is 0.410 e. The van der Waals surface area contributed by atoms with Gasteiger partial charge in [-0.2, -0.15) is 0 Å². The van der Waals surface area contributed by atoms with Gasteiger partial charge in [0.25, 0.3) is 0 Å². The molecule has 1 fully saturated rings. The van der Waals surface area contributed by atoms with Gasteiger partial charge in [0.15, 0.2) is 0 Å². The second kappa shape index (κ2) is 6.44. The molecule has 110 valence electrons. The number of likely N-dealkylation sites (tertiary alicyclic amines) is 1. The minimum absolute atomic E-state index is 0.168. The molecule has 1 unspecified atom stereocenters. The maximum absolute atomic E-state index is 11.9. The summed E-state index contributed by atoms with van der Waals surface area (Å²) in [6, 6.07) is 0. The summed E-state index contributed by atoms with van der Waals surface area (Å²) in [6.07, 6.45) is 3.18. The van der Waals surface area contributed by atoms with Crippen LogP contribution in [-0.4, -0.2) is 29.7 Å². The van der Waals surface area contributed by atoms with Crippen molar-refractivity contribution in [2.75, 3.05) is 13.1 Å². The first-order chi connectivity index (χ1) is 8.69. The van der Waals surface area contributed by atoms with Gasteiger partial charge in [0, 0.05) is 13.1 Å². The Morgan fingerprint density at radius 1 is 1.37 bits per heavy atom. The summed E-state index contributed by atoms with van der Waals surface area (Å²) in [5.74, 6) is 1.29. The number of amides is 1. The van der Waals surface area contributed by atoms with Gasteiger partial charge in [0.1, 0.15) is 5.60 Å². The van der Waals surface area contributed by atoms with E-state index in [-0.39, 0.29) is 6.09 Å². The summed E-state index contributed by atoms with van der Waals surface area (Å²) in [5, 5.41) is 0. The molecule has 1 rings (SSSR count). The van der Waals surface area contributed by atoms with E-state index in [2.05, 4.69) is 20.4 Å². The number of carbonyl (C=O) groups excluding carboxylic acids is 1. The van der Waals surface area contributed by atoms with Crippen LogP contribution in [0.1, 0.15) is 53.9 Å². The molecule has 1 amide bonds. The molecule has 0 bridgehead atoms. The van der Waals surface area contributed by atoms with E-state index in [1.165, 1.54) is 12.0 Å². The Hall–Kier alpha value is -0.990. The smallest absolute Gasteiger partial charge is 0.410 e. The average Bonchev–Trinajstić information content (AvgIpc) is 2.27. The SMILES string of the molecule is C=C(C)C(C)CC1CCN(C(=O)OC(C)(C)C)CC1. The summed E-state index contributed by atoms with van der Waals surface area (Å²) >= 11 is 0. The number of piperidine rings is 1. The summed E-state index contributed by atoms with van der Waals surface area (Å²) in [7, 11) is 0. The monoisotopic (exact) mass is 267 g/mol. The molecule has 0 aliphatic carbocycles. The highest BCUT2D eigenvalue weighted by Crippen LogP contribution is 2.27. The van der Waals surface area contributed by atoms with E-state index in [1.54, 1.807) is 0 Å². The number of nitrogens with zero attached hydrogens (tertiary/aromatic N) is 1. The van der Waals surface area contributed by atoms with Crippen molar-refractivity contribution in [3.05, 3.63) is 12.2 Å². The zero-order valence-corrected chi connectivity index (χ0v) is 13.2. The van der Waals surface area contributed by atoms with Crippen molar-refractivity contribution in [2.45, 2.75) is 59.5 Å². The van der Waals surface area contributed by atoms with Crippen molar-refractivity contribution in [2.24, 2.45) is 11.8 Å². The number of rotatable bonds is 3. The molecule has 0 radical (unpaired) electrons. The Morgan fingerprint density at radius 2 is 1.89 bits per heavy atom. The third kappa shape index (κ3) is 5.66. The van der Waals surface area contributed by atoms with Crippen LogP contribution in [0.5, 0.6) is 0 Å². The molecule has 3 nitrogen and oxygen atoms in total. The normalized spacial score (nSPS) is 19.1. The van der Waals surface area contributed by atoms with Crippen LogP contribution in [0.15, 0.2) is 12.2 Å². The molecule has 1 saturated heterocycles. The van der Waals surface area contributed by atoms with Crippen LogP contribution in [0.25, 0.3) is 0 Å². The summed E-state index contributed by atoms with van der Waals surface area (Å²) < 4.78 is 5.40. The Labute approximate surface area is 118 Å². The van der Waals surface area contributed by atoms with Gasteiger partial charge in [-0.3, -0.25) is 0 Å². The van der Waals surface area contributed by atoms with Gasteiger partial charge in [-0.15, -0.1) is 0 Å². The van der Waals surface area contributed by atoms with Gasteiger partial charge in [-0.05, 0) is 58.8 Å². The highest BCUT2D eigenvalue weighted by molar-refractivity contribution is 5.68. The zero-order valence-electron chi connectivity index (χ0n) is 13.2. The molecular formula is C16H29NO2. The maximum atomic E-state index is 11.9. The van der Waals surface area contributed by atoms with Crippen LogP contribution in [0.2, 0.25) is 0 Å². The molecule has 0 N–H and O–H groups in total. The first-order valence-corrected chi connectivity index (χ1v) is 7.32. The fraction of sp³-hybridized carbons (Fsp3) is 0.812. The molecule has 1 atom stereocenters. The Bertz CT molecular complexity index is 322. The lowest BCUT2D eigenvalue weighted by Crippen LogP contribution is -2.41. The van der Waals surface area contributed by atoms with Gasteiger partial charge in [-0.1, -0.05) is 19.1 Å². The van der Waals surface area contributed by atoms with E-state index in [1.807, 2.05) is 25.7 Å². The van der Waals surface area contributed by atoms with Crippen LogP contribution in [0.3, 0.4) is 0 Å². The lowest BCUT2D eigenvalue weighted by atomic mass is 9.85. The second-order valence-corrected chi connectivity index (χ2v) is 6.89. The van der Waals surface area contributed by atoms with Gasteiger partial charge in [-0.25, -0.2) is 4.79 Å².